The Morgan fingerprint density at radius 1 is 1.82 bits per heavy atom. The van der Waals surface area contributed by atoms with Gasteiger partial charge >= 0.3 is 0 Å². The lowest BCUT2D eigenvalue weighted by molar-refractivity contribution is -0.905. The van der Waals surface area contributed by atoms with Gasteiger partial charge in [0, 0.05) is 0 Å². The topological polar surface area (TPSA) is 86.4 Å². The van der Waals surface area contributed by atoms with Crippen LogP contribution in [-0.4, -0.2) is 15.3 Å². The number of allylic oxidation sites excluding steroid dienone is 2. The first-order valence-corrected chi connectivity index (χ1v) is 3.50. The Morgan fingerprint density at radius 2 is 2.45 bits per heavy atom. The Morgan fingerprint density at radius 3 is 2.82 bits per heavy atom. The van der Waals surface area contributed by atoms with Gasteiger partial charge in [-0.05, 0) is 12.2 Å². The third-order valence-electron chi connectivity index (χ3n) is 0.994. The fraction of sp³-hybridized carbons (Fsp3) is 0. The molecule has 0 saturated carbocycles. The Kier molecular flexibility index (Phi) is 2.01. The Bertz CT molecular complexity index is 246. The predicted molar refractivity (Wildman–Crippen MR) is 39.4 cm³/mol. The van der Waals surface area contributed by atoms with Crippen molar-refractivity contribution in [3.63, 3.8) is 0 Å². The third-order valence-corrected chi connectivity index (χ3v) is 1.91. The molecule has 0 fully saturated rings. The molecule has 6 heteroatoms. The highest BCUT2D eigenvalue weighted by Crippen LogP contribution is 2.29. The van der Waals surface area contributed by atoms with Gasteiger partial charge in [-0.3, -0.25) is 4.79 Å². The van der Waals surface area contributed by atoms with E-state index in [2.05, 4.69) is 0 Å². The molecule has 0 aromatic carbocycles. The summed E-state index contributed by atoms with van der Waals surface area (Å²) in [4.78, 5) is 10.5. The highest BCUT2D eigenvalue weighted by Gasteiger charge is 2.22. The summed E-state index contributed by atoms with van der Waals surface area (Å²) in [6, 6.07) is 0. The van der Waals surface area contributed by atoms with Crippen molar-refractivity contribution in [2.75, 3.05) is 0 Å². The maximum absolute atomic E-state index is 10.8. The summed E-state index contributed by atoms with van der Waals surface area (Å²) in [6.45, 7) is 0. The first-order chi connectivity index (χ1) is 5.01. The zero-order valence-electron chi connectivity index (χ0n) is 5.43. The van der Waals surface area contributed by atoms with Crippen LogP contribution in [0.1, 0.15) is 0 Å². The van der Waals surface area contributed by atoms with E-state index >= 15 is 0 Å². The van der Waals surface area contributed by atoms with Crippen molar-refractivity contribution < 1.29 is 14.2 Å². The smallest absolute Gasteiger partial charge is 0.260 e. The summed E-state index contributed by atoms with van der Waals surface area (Å²) >= 11 is 0.434. The summed E-state index contributed by atoms with van der Waals surface area (Å²) in [7, 11) is 0. The van der Waals surface area contributed by atoms with E-state index in [0.29, 0.717) is 11.9 Å². The quantitative estimate of drug-likeness (QED) is 0.338. The highest BCUT2D eigenvalue weighted by molar-refractivity contribution is 7.98. The predicted octanol–water partition coefficient (Wildman–Crippen LogP) is 0.235. The number of carbonyl (C=O) groups excluding carboxylic acids is 1. The van der Waals surface area contributed by atoms with Crippen LogP contribution in [0.15, 0.2) is 23.3 Å². The van der Waals surface area contributed by atoms with Gasteiger partial charge in [-0.25, -0.2) is 0 Å². The van der Waals surface area contributed by atoms with Crippen molar-refractivity contribution in [1.82, 2.24) is 0 Å². The first-order valence-electron chi connectivity index (χ1n) is 2.73. The normalized spacial score (nSPS) is 29.8. The molecule has 11 heavy (non-hydrogen) atoms. The second kappa shape index (κ2) is 2.67. The number of hydrogen-bond donors (Lipinski definition) is 2. The van der Waals surface area contributed by atoms with Crippen LogP contribution in [-0.2, 0) is 4.79 Å². The minimum Gasteiger partial charge on any atom is -0.581 e. The Hall–Kier alpha value is -0.820. The van der Waals surface area contributed by atoms with E-state index in [9.17, 15) is 10.0 Å². The van der Waals surface area contributed by atoms with E-state index in [0.717, 1.165) is 6.20 Å². The molecule has 0 radical (unpaired) electrons. The number of amides is 1. The summed E-state index contributed by atoms with van der Waals surface area (Å²) in [5.74, 6) is -0.716. The van der Waals surface area contributed by atoms with Gasteiger partial charge in [-0.2, -0.15) is 5.21 Å². The first kappa shape index (κ1) is 8.28. The second-order valence-corrected chi connectivity index (χ2v) is 3.04. The molecule has 0 aromatic rings. The SMILES string of the molecule is NC(=O)C1=CC=C[N+]([O-])(O)S1. The van der Waals surface area contributed by atoms with E-state index in [1.807, 2.05) is 0 Å². The van der Waals surface area contributed by atoms with Crippen LogP contribution in [0.3, 0.4) is 0 Å². The molecule has 5 nitrogen and oxygen atoms in total. The van der Waals surface area contributed by atoms with Crippen molar-refractivity contribution >= 4 is 17.9 Å². The van der Waals surface area contributed by atoms with E-state index in [1.165, 1.54) is 12.2 Å². The van der Waals surface area contributed by atoms with Crippen LogP contribution in [0, 0.1) is 5.21 Å². The average molecular weight is 174 g/mol. The molecule has 1 heterocycles. The van der Waals surface area contributed by atoms with Gasteiger partial charge in [0.15, 0.2) is 11.9 Å². The van der Waals surface area contributed by atoms with Crippen molar-refractivity contribution in [2.24, 2.45) is 5.73 Å². The molecular formula is C5H6N2O3S. The number of nitrogens with zero attached hydrogens (tertiary/aromatic N) is 1. The largest absolute Gasteiger partial charge is 0.581 e. The number of hydroxylamine groups is 2. The summed E-state index contributed by atoms with van der Waals surface area (Å²) in [6.07, 6.45) is 3.64. The highest BCUT2D eigenvalue weighted by atomic mass is 32.2. The lowest BCUT2D eigenvalue weighted by Gasteiger charge is -2.27. The molecule has 0 bridgehead atoms. The van der Waals surface area contributed by atoms with Crippen LogP contribution in [0.5, 0.6) is 0 Å². The summed E-state index contributed by atoms with van der Waals surface area (Å²) < 4.78 is -1.64. The van der Waals surface area contributed by atoms with Gasteiger partial charge in [-0.15, -0.1) is 4.21 Å². The second-order valence-electron chi connectivity index (χ2n) is 1.89. The van der Waals surface area contributed by atoms with Gasteiger partial charge < -0.3 is 10.9 Å². The van der Waals surface area contributed by atoms with Crippen LogP contribution in [0.2, 0.25) is 0 Å². The van der Waals surface area contributed by atoms with Crippen molar-refractivity contribution in [3.05, 3.63) is 28.5 Å². The fourth-order valence-corrected chi connectivity index (χ4v) is 1.21. The standard InChI is InChI=1S/C5H6N2O3S/c6-5(8)4-2-1-3-7(9,10)11-4/h1-3,9H,(H2,6,8). The minimum atomic E-state index is -1.64. The maximum atomic E-state index is 10.8. The molecule has 3 N–H and O–H groups in total. The number of nitrogens with two attached hydrogens (primary N) is 1. The van der Waals surface area contributed by atoms with E-state index in [1.54, 1.807) is 0 Å². The Balaban J connectivity index is 2.81. The molecule has 0 saturated heterocycles. The van der Waals surface area contributed by atoms with Crippen molar-refractivity contribution in [1.29, 1.82) is 0 Å². The molecule has 0 aromatic heterocycles. The summed E-state index contributed by atoms with van der Waals surface area (Å²) in [5, 5.41) is 19.6. The third kappa shape index (κ3) is 2.05. The van der Waals surface area contributed by atoms with Gasteiger partial charge in [0.1, 0.15) is 11.1 Å². The molecule has 0 aliphatic carbocycles. The molecule has 1 unspecified atom stereocenters. The van der Waals surface area contributed by atoms with Gasteiger partial charge in [0.2, 0.25) is 0 Å². The monoisotopic (exact) mass is 174 g/mol. The van der Waals surface area contributed by atoms with Gasteiger partial charge in [-0.1, -0.05) is 0 Å². The van der Waals surface area contributed by atoms with Crippen LogP contribution in [0.25, 0.3) is 0 Å². The van der Waals surface area contributed by atoms with E-state index in [-0.39, 0.29) is 4.91 Å². The lowest BCUT2D eigenvalue weighted by Crippen LogP contribution is -2.27. The number of quaternary nitrogens is 1. The van der Waals surface area contributed by atoms with Crippen molar-refractivity contribution in [3.8, 4) is 0 Å². The zero-order chi connectivity index (χ0) is 8.48. The number of primary amides is 1. The number of hydrogen-bond acceptors (Lipinski definition) is 4. The van der Waals surface area contributed by atoms with Crippen molar-refractivity contribution in [2.45, 2.75) is 0 Å². The van der Waals surface area contributed by atoms with E-state index in [4.69, 9.17) is 10.9 Å². The fourth-order valence-electron chi connectivity index (χ4n) is 0.568. The van der Waals surface area contributed by atoms with Gasteiger partial charge in [0.05, 0.1) is 0 Å². The summed E-state index contributed by atoms with van der Waals surface area (Å²) in [5.41, 5.74) is 4.87. The molecule has 1 amide bonds. The molecule has 60 valence electrons. The minimum absolute atomic E-state index is 0.0463. The van der Waals surface area contributed by atoms with E-state index < -0.39 is 10.1 Å². The van der Waals surface area contributed by atoms with Crippen LogP contribution >= 0.6 is 11.9 Å². The average Bonchev–Trinajstić information content (AvgIpc) is 1.85. The van der Waals surface area contributed by atoms with Crippen LogP contribution < -0.4 is 5.73 Å². The molecule has 1 aliphatic rings. The number of rotatable bonds is 1. The maximum Gasteiger partial charge on any atom is 0.260 e. The Labute approximate surface area is 67.0 Å². The lowest BCUT2D eigenvalue weighted by atomic mass is 10.4. The molecule has 1 aliphatic heterocycles. The molecule has 1 rings (SSSR count). The molecule has 1 atom stereocenters. The molecular weight excluding hydrogens is 168 g/mol. The zero-order valence-corrected chi connectivity index (χ0v) is 6.25. The van der Waals surface area contributed by atoms with Crippen LogP contribution in [0.4, 0.5) is 0 Å². The van der Waals surface area contributed by atoms with Gasteiger partial charge in [0.25, 0.3) is 5.91 Å². The number of carbonyl (C=O) groups is 1. The molecule has 0 spiro atoms.